The summed E-state index contributed by atoms with van der Waals surface area (Å²) in [7, 11) is 0. The summed E-state index contributed by atoms with van der Waals surface area (Å²) in [5, 5.41) is 12.4. The highest BCUT2D eigenvalue weighted by Gasteiger charge is 2.18. The van der Waals surface area contributed by atoms with Crippen molar-refractivity contribution in [1.82, 2.24) is 10.2 Å². The van der Waals surface area contributed by atoms with Gasteiger partial charge in [0.25, 0.3) is 0 Å². The van der Waals surface area contributed by atoms with Gasteiger partial charge in [0, 0.05) is 12.6 Å². The molecule has 1 saturated heterocycles. The van der Waals surface area contributed by atoms with Crippen LogP contribution in [0.2, 0.25) is 0 Å². The third-order valence-electron chi connectivity index (χ3n) is 3.01. The van der Waals surface area contributed by atoms with Gasteiger partial charge in [0.1, 0.15) is 0 Å². The molecule has 0 amide bonds. The predicted octanol–water partition coefficient (Wildman–Crippen LogP) is 1.36. The van der Waals surface area contributed by atoms with E-state index in [1.807, 2.05) is 6.92 Å². The molecule has 1 rings (SSSR count). The van der Waals surface area contributed by atoms with Crippen molar-refractivity contribution in [2.45, 2.75) is 45.2 Å². The van der Waals surface area contributed by atoms with E-state index in [4.69, 9.17) is 5.26 Å². The van der Waals surface area contributed by atoms with Crippen molar-refractivity contribution < 1.29 is 0 Å². The molecule has 3 nitrogen and oxygen atoms in total. The standard InChI is InChI=1S/C11H21N3/c1-3-14(10(2)8-12)9-11-6-4-5-7-13-11/h10-11,13H,3-7,9H2,1-2H3. The third kappa shape index (κ3) is 3.28. The van der Waals surface area contributed by atoms with Crippen LogP contribution in [-0.4, -0.2) is 36.6 Å². The van der Waals surface area contributed by atoms with Crippen LogP contribution in [0.15, 0.2) is 0 Å². The first-order chi connectivity index (χ1) is 6.77. The van der Waals surface area contributed by atoms with Gasteiger partial charge in [0.05, 0.1) is 12.1 Å². The Morgan fingerprint density at radius 2 is 2.36 bits per heavy atom. The van der Waals surface area contributed by atoms with Crippen LogP contribution in [0.3, 0.4) is 0 Å². The van der Waals surface area contributed by atoms with Crippen molar-refractivity contribution in [3.8, 4) is 6.07 Å². The maximum atomic E-state index is 8.85. The Morgan fingerprint density at radius 3 is 2.86 bits per heavy atom. The first-order valence-corrected chi connectivity index (χ1v) is 5.65. The van der Waals surface area contributed by atoms with Gasteiger partial charge in [-0.2, -0.15) is 5.26 Å². The zero-order chi connectivity index (χ0) is 10.4. The van der Waals surface area contributed by atoms with Crippen molar-refractivity contribution in [3.63, 3.8) is 0 Å². The molecule has 0 bridgehead atoms. The van der Waals surface area contributed by atoms with Gasteiger partial charge in [0.15, 0.2) is 0 Å². The van der Waals surface area contributed by atoms with Gasteiger partial charge in [-0.3, -0.25) is 4.90 Å². The van der Waals surface area contributed by atoms with Crippen LogP contribution in [0, 0.1) is 11.3 Å². The number of likely N-dealkylation sites (N-methyl/N-ethyl adjacent to an activating group) is 1. The molecule has 0 aromatic rings. The van der Waals surface area contributed by atoms with Crippen LogP contribution >= 0.6 is 0 Å². The lowest BCUT2D eigenvalue weighted by Crippen LogP contribution is -2.46. The summed E-state index contributed by atoms with van der Waals surface area (Å²) in [5.74, 6) is 0. The molecule has 0 aromatic heterocycles. The number of nitrogens with zero attached hydrogens (tertiary/aromatic N) is 2. The van der Waals surface area contributed by atoms with E-state index in [1.54, 1.807) is 0 Å². The monoisotopic (exact) mass is 195 g/mol. The highest BCUT2D eigenvalue weighted by atomic mass is 15.2. The molecular formula is C11H21N3. The summed E-state index contributed by atoms with van der Waals surface area (Å²) < 4.78 is 0. The fourth-order valence-corrected chi connectivity index (χ4v) is 2.01. The molecule has 2 atom stereocenters. The fourth-order valence-electron chi connectivity index (χ4n) is 2.01. The minimum atomic E-state index is 0.0451. The van der Waals surface area contributed by atoms with Crippen LogP contribution < -0.4 is 5.32 Å². The summed E-state index contributed by atoms with van der Waals surface area (Å²) in [5.41, 5.74) is 0. The van der Waals surface area contributed by atoms with Gasteiger partial charge in [-0.25, -0.2) is 0 Å². The van der Waals surface area contributed by atoms with Gasteiger partial charge in [-0.1, -0.05) is 13.3 Å². The molecule has 14 heavy (non-hydrogen) atoms. The number of hydrogen-bond donors (Lipinski definition) is 1. The van der Waals surface area contributed by atoms with Crippen molar-refractivity contribution in [2.75, 3.05) is 19.6 Å². The Bertz CT molecular complexity index is 191. The second-order valence-electron chi connectivity index (χ2n) is 4.04. The molecule has 0 radical (unpaired) electrons. The predicted molar refractivity (Wildman–Crippen MR) is 58.0 cm³/mol. The highest BCUT2D eigenvalue weighted by Crippen LogP contribution is 2.09. The summed E-state index contributed by atoms with van der Waals surface area (Å²) in [6, 6.07) is 2.95. The number of nitrogens with one attached hydrogen (secondary N) is 1. The quantitative estimate of drug-likeness (QED) is 0.736. The summed E-state index contributed by atoms with van der Waals surface area (Å²) in [4.78, 5) is 2.24. The van der Waals surface area contributed by atoms with E-state index < -0.39 is 0 Å². The van der Waals surface area contributed by atoms with Crippen molar-refractivity contribution in [3.05, 3.63) is 0 Å². The van der Waals surface area contributed by atoms with E-state index in [2.05, 4.69) is 23.2 Å². The van der Waals surface area contributed by atoms with E-state index in [0.717, 1.165) is 19.6 Å². The molecule has 0 saturated carbocycles. The fraction of sp³-hybridized carbons (Fsp3) is 0.909. The zero-order valence-corrected chi connectivity index (χ0v) is 9.29. The number of hydrogen-bond acceptors (Lipinski definition) is 3. The molecule has 1 heterocycles. The normalized spacial score (nSPS) is 24.6. The van der Waals surface area contributed by atoms with Crippen molar-refractivity contribution >= 4 is 0 Å². The number of piperidine rings is 1. The van der Waals surface area contributed by atoms with Crippen LogP contribution in [0.4, 0.5) is 0 Å². The van der Waals surface area contributed by atoms with Crippen LogP contribution in [-0.2, 0) is 0 Å². The van der Waals surface area contributed by atoms with Gasteiger partial charge >= 0.3 is 0 Å². The Morgan fingerprint density at radius 1 is 1.57 bits per heavy atom. The Hall–Kier alpha value is -0.590. The number of rotatable bonds is 4. The van der Waals surface area contributed by atoms with Crippen LogP contribution in [0.5, 0.6) is 0 Å². The molecule has 0 spiro atoms. The van der Waals surface area contributed by atoms with Gasteiger partial charge in [-0.15, -0.1) is 0 Å². The first-order valence-electron chi connectivity index (χ1n) is 5.65. The van der Waals surface area contributed by atoms with Crippen LogP contribution in [0.25, 0.3) is 0 Å². The first kappa shape index (κ1) is 11.5. The minimum Gasteiger partial charge on any atom is -0.313 e. The Kier molecular flexibility index (Phi) is 4.92. The summed E-state index contributed by atoms with van der Waals surface area (Å²) in [6.07, 6.45) is 3.89. The van der Waals surface area contributed by atoms with Gasteiger partial charge < -0.3 is 5.32 Å². The molecule has 1 aliphatic heterocycles. The molecule has 1 N–H and O–H groups in total. The maximum Gasteiger partial charge on any atom is 0.0949 e. The average Bonchev–Trinajstić information content (AvgIpc) is 2.26. The van der Waals surface area contributed by atoms with Gasteiger partial charge in [-0.05, 0) is 32.9 Å². The van der Waals surface area contributed by atoms with E-state index in [-0.39, 0.29) is 6.04 Å². The number of nitriles is 1. The molecule has 2 unspecified atom stereocenters. The van der Waals surface area contributed by atoms with E-state index in [9.17, 15) is 0 Å². The smallest absolute Gasteiger partial charge is 0.0949 e. The molecule has 0 aromatic carbocycles. The zero-order valence-electron chi connectivity index (χ0n) is 9.29. The second kappa shape index (κ2) is 6.00. The topological polar surface area (TPSA) is 39.1 Å². The molecule has 3 heteroatoms. The SMILES string of the molecule is CCN(CC1CCCCN1)C(C)C#N. The average molecular weight is 195 g/mol. The van der Waals surface area contributed by atoms with Crippen LogP contribution in [0.1, 0.15) is 33.1 Å². The molecule has 0 aliphatic carbocycles. The molecule has 80 valence electrons. The summed E-state index contributed by atoms with van der Waals surface area (Å²) in [6.45, 7) is 7.23. The van der Waals surface area contributed by atoms with Crippen molar-refractivity contribution in [2.24, 2.45) is 0 Å². The lowest BCUT2D eigenvalue weighted by Gasteiger charge is -2.31. The largest absolute Gasteiger partial charge is 0.313 e. The molecule has 1 aliphatic rings. The highest BCUT2D eigenvalue weighted by molar-refractivity contribution is 4.89. The molecular weight excluding hydrogens is 174 g/mol. The van der Waals surface area contributed by atoms with E-state index in [1.165, 1.54) is 19.3 Å². The lowest BCUT2D eigenvalue weighted by atomic mass is 10.0. The lowest BCUT2D eigenvalue weighted by molar-refractivity contribution is 0.212. The Labute approximate surface area is 87.1 Å². The minimum absolute atomic E-state index is 0.0451. The van der Waals surface area contributed by atoms with E-state index >= 15 is 0 Å². The second-order valence-corrected chi connectivity index (χ2v) is 4.04. The van der Waals surface area contributed by atoms with E-state index in [0.29, 0.717) is 6.04 Å². The molecule has 1 fully saturated rings. The maximum absolute atomic E-state index is 8.85. The third-order valence-corrected chi connectivity index (χ3v) is 3.01. The van der Waals surface area contributed by atoms with Gasteiger partial charge in [0.2, 0.25) is 0 Å². The Balaban J connectivity index is 2.35. The van der Waals surface area contributed by atoms with Crippen molar-refractivity contribution in [1.29, 1.82) is 5.26 Å². The summed E-state index contributed by atoms with van der Waals surface area (Å²) >= 11 is 0.